The second-order valence-corrected chi connectivity index (χ2v) is 4.87. The predicted molar refractivity (Wildman–Crippen MR) is 84.2 cm³/mol. The molecule has 5 nitrogen and oxygen atoms in total. The van der Waals surface area contributed by atoms with Crippen LogP contribution >= 0.6 is 0 Å². The second-order valence-electron chi connectivity index (χ2n) is 4.87. The number of nitrogens with one attached hydrogen (secondary N) is 3. The summed E-state index contributed by atoms with van der Waals surface area (Å²) in [5, 5.41) is 14.3. The maximum atomic E-state index is 11.0. The lowest BCUT2D eigenvalue weighted by molar-refractivity contribution is -0.114. The van der Waals surface area contributed by atoms with Crippen LogP contribution in [0.5, 0.6) is 0 Å². The van der Waals surface area contributed by atoms with Crippen LogP contribution in [0.4, 0.5) is 11.4 Å². The Balaban J connectivity index is 1.70. The highest BCUT2D eigenvalue weighted by Gasteiger charge is 2.02. The standard InChI is InChI=1S/C16H16N4O/c1-11(21)19-14-7-5-12(6-8-14)9-17-15-4-2-3-13-10-18-20-16(13)15/h2-8,10,17H,9H2,1H3,(H,18,20)(H,19,21). The number of hydrogen-bond donors (Lipinski definition) is 3. The third-order valence-corrected chi connectivity index (χ3v) is 3.23. The van der Waals surface area contributed by atoms with Crippen molar-refractivity contribution in [2.75, 3.05) is 10.6 Å². The largest absolute Gasteiger partial charge is 0.379 e. The van der Waals surface area contributed by atoms with Crippen molar-refractivity contribution in [3.63, 3.8) is 0 Å². The van der Waals surface area contributed by atoms with Gasteiger partial charge in [0.05, 0.1) is 17.4 Å². The fraction of sp³-hybridized carbons (Fsp3) is 0.125. The van der Waals surface area contributed by atoms with Gasteiger partial charge < -0.3 is 10.6 Å². The highest BCUT2D eigenvalue weighted by molar-refractivity contribution is 5.90. The normalized spacial score (nSPS) is 10.5. The van der Waals surface area contributed by atoms with Crippen molar-refractivity contribution < 1.29 is 4.79 Å². The molecule has 0 radical (unpaired) electrons. The molecule has 106 valence electrons. The lowest BCUT2D eigenvalue weighted by Gasteiger charge is -2.08. The molecule has 0 aliphatic rings. The van der Waals surface area contributed by atoms with Gasteiger partial charge in [-0.3, -0.25) is 9.89 Å². The zero-order valence-electron chi connectivity index (χ0n) is 11.7. The summed E-state index contributed by atoms with van der Waals surface area (Å²) in [4.78, 5) is 11.0. The van der Waals surface area contributed by atoms with Crippen LogP contribution in [0.2, 0.25) is 0 Å². The van der Waals surface area contributed by atoms with Crippen LogP contribution < -0.4 is 10.6 Å². The van der Waals surface area contributed by atoms with E-state index in [2.05, 4.69) is 20.8 Å². The summed E-state index contributed by atoms with van der Waals surface area (Å²) in [6.45, 7) is 2.21. The number of benzene rings is 2. The molecular weight excluding hydrogens is 264 g/mol. The van der Waals surface area contributed by atoms with Crippen LogP contribution in [0, 0.1) is 0 Å². The summed E-state index contributed by atoms with van der Waals surface area (Å²) in [7, 11) is 0. The molecule has 0 saturated carbocycles. The fourth-order valence-electron chi connectivity index (χ4n) is 2.22. The molecule has 0 spiro atoms. The van der Waals surface area contributed by atoms with E-state index in [1.165, 1.54) is 6.92 Å². The molecule has 0 fully saturated rings. The van der Waals surface area contributed by atoms with Gasteiger partial charge >= 0.3 is 0 Å². The minimum Gasteiger partial charge on any atom is -0.379 e. The van der Waals surface area contributed by atoms with Crippen molar-refractivity contribution in [3.05, 3.63) is 54.2 Å². The van der Waals surface area contributed by atoms with E-state index in [1.807, 2.05) is 48.7 Å². The van der Waals surface area contributed by atoms with E-state index in [4.69, 9.17) is 0 Å². The SMILES string of the molecule is CC(=O)Nc1ccc(CNc2cccc3cn[nH]c23)cc1. The number of para-hydroxylation sites is 1. The average Bonchev–Trinajstić information content (AvgIpc) is 2.95. The molecule has 1 aromatic heterocycles. The van der Waals surface area contributed by atoms with Crippen LogP contribution in [0.1, 0.15) is 12.5 Å². The molecule has 2 aromatic carbocycles. The van der Waals surface area contributed by atoms with Gasteiger partial charge in [0.25, 0.3) is 0 Å². The maximum Gasteiger partial charge on any atom is 0.221 e. The van der Waals surface area contributed by atoms with Gasteiger partial charge in [0.15, 0.2) is 0 Å². The topological polar surface area (TPSA) is 69.8 Å². The maximum absolute atomic E-state index is 11.0. The highest BCUT2D eigenvalue weighted by atomic mass is 16.1. The van der Waals surface area contributed by atoms with Crippen LogP contribution in [0.25, 0.3) is 10.9 Å². The van der Waals surface area contributed by atoms with Crippen molar-refractivity contribution in [2.24, 2.45) is 0 Å². The lowest BCUT2D eigenvalue weighted by atomic mass is 10.2. The van der Waals surface area contributed by atoms with Crippen molar-refractivity contribution in [2.45, 2.75) is 13.5 Å². The number of anilines is 2. The van der Waals surface area contributed by atoms with Gasteiger partial charge in [-0.05, 0) is 23.8 Å². The van der Waals surface area contributed by atoms with Gasteiger partial charge in [-0.25, -0.2) is 0 Å². The van der Waals surface area contributed by atoms with Crippen LogP contribution in [-0.4, -0.2) is 16.1 Å². The second kappa shape index (κ2) is 5.66. The summed E-state index contributed by atoms with van der Waals surface area (Å²) in [6.07, 6.45) is 1.81. The first kappa shape index (κ1) is 13.2. The zero-order valence-corrected chi connectivity index (χ0v) is 11.7. The number of hydrogen-bond acceptors (Lipinski definition) is 3. The monoisotopic (exact) mass is 280 g/mol. The van der Waals surface area contributed by atoms with E-state index < -0.39 is 0 Å². The molecular formula is C16H16N4O. The van der Waals surface area contributed by atoms with E-state index in [-0.39, 0.29) is 5.91 Å². The summed E-state index contributed by atoms with van der Waals surface area (Å²) >= 11 is 0. The Kier molecular flexibility index (Phi) is 3.55. The van der Waals surface area contributed by atoms with Gasteiger partial charge in [0.1, 0.15) is 0 Å². The Hall–Kier alpha value is -2.82. The Bertz CT molecular complexity index is 761. The van der Waals surface area contributed by atoms with Crippen LogP contribution in [-0.2, 0) is 11.3 Å². The molecule has 1 heterocycles. The van der Waals surface area contributed by atoms with E-state index in [0.29, 0.717) is 6.54 Å². The molecule has 0 bridgehead atoms. The lowest BCUT2D eigenvalue weighted by Crippen LogP contribution is -2.06. The van der Waals surface area contributed by atoms with Crippen molar-refractivity contribution in [1.82, 2.24) is 10.2 Å². The molecule has 0 aliphatic heterocycles. The smallest absolute Gasteiger partial charge is 0.221 e. The highest BCUT2D eigenvalue weighted by Crippen LogP contribution is 2.21. The molecule has 3 aromatic rings. The molecule has 5 heteroatoms. The fourth-order valence-corrected chi connectivity index (χ4v) is 2.22. The molecule has 0 saturated heterocycles. The summed E-state index contributed by atoms with van der Waals surface area (Å²) in [6, 6.07) is 13.8. The predicted octanol–water partition coefficient (Wildman–Crippen LogP) is 3.13. The number of fused-ring (bicyclic) bond motifs is 1. The number of H-pyrrole nitrogens is 1. The Morgan fingerprint density at radius 3 is 2.76 bits per heavy atom. The van der Waals surface area contributed by atoms with E-state index in [0.717, 1.165) is 27.8 Å². The van der Waals surface area contributed by atoms with Gasteiger partial charge in [-0.15, -0.1) is 0 Å². The van der Waals surface area contributed by atoms with Gasteiger partial charge in [-0.1, -0.05) is 24.3 Å². The first-order valence-electron chi connectivity index (χ1n) is 6.75. The molecule has 0 unspecified atom stereocenters. The van der Waals surface area contributed by atoms with Crippen LogP contribution in [0.15, 0.2) is 48.7 Å². The van der Waals surface area contributed by atoms with Crippen molar-refractivity contribution >= 4 is 28.2 Å². The third kappa shape index (κ3) is 3.02. The average molecular weight is 280 g/mol. The molecule has 0 atom stereocenters. The van der Waals surface area contributed by atoms with Crippen LogP contribution in [0.3, 0.4) is 0 Å². The van der Waals surface area contributed by atoms with E-state index in [1.54, 1.807) is 0 Å². The zero-order chi connectivity index (χ0) is 14.7. The number of carbonyl (C=O) groups is 1. The quantitative estimate of drug-likeness (QED) is 0.687. The minimum absolute atomic E-state index is 0.0632. The minimum atomic E-state index is -0.0632. The number of aromatic nitrogens is 2. The Morgan fingerprint density at radius 1 is 1.19 bits per heavy atom. The van der Waals surface area contributed by atoms with Crippen molar-refractivity contribution in [3.8, 4) is 0 Å². The Morgan fingerprint density at radius 2 is 2.00 bits per heavy atom. The van der Waals surface area contributed by atoms with Gasteiger partial charge in [-0.2, -0.15) is 5.10 Å². The summed E-state index contributed by atoms with van der Waals surface area (Å²) < 4.78 is 0. The van der Waals surface area contributed by atoms with Gasteiger partial charge in [0, 0.05) is 24.5 Å². The number of carbonyl (C=O) groups excluding carboxylic acids is 1. The molecule has 0 aliphatic carbocycles. The molecule has 3 N–H and O–H groups in total. The Labute approximate surface area is 122 Å². The first-order chi connectivity index (χ1) is 10.2. The number of amides is 1. The number of rotatable bonds is 4. The third-order valence-electron chi connectivity index (χ3n) is 3.23. The van der Waals surface area contributed by atoms with Gasteiger partial charge in [0.2, 0.25) is 5.91 Å². The number of nitrogens with zero attached hydrogens (tertiary/aromatic N) is 1. The van der Waals surface area contributed by atoms with E-state index in [9.17, 15) is 4.79 Å². The first-order valence-corrected chi connectivity index (χ1v) is 6.75. The number of aromatic amines is 1. The summed E-state index contributed by atoms with van der Waals surface area (Å²) in [5.74, 6) is -0.0632. The van der Waals surface area contributed by atoms with Crippen molar-refractivity contribution in [1.29, 1.82) is 0 Å². The molecule has 21 heavy (non-hydrogen) atoms. The summed E-state index contributed by atoms with van der Waals surface area (Å²) in [5.41, 5.74) is 3.98. The molecule has 3 rings (SSSR count). The molecule has 1 amide bonds. The van der Waals surface area contributed by atoms with E-state index >= 15 is 0 Å².